The first-order valence-corrected chi connectivity index (χ1v) is 23.8. The smallest absolute Gasteiger partial charge is 0.457 e. The van der Waals surface area contributed by atoms with Crippen LogP contribution in [0.4, 0.5) is 0 Å². The Labute approximate surface area is 355 Å². The molecule has 13 heteroatoms. The molecule has 0 bridgehead atoms. The lowest BCUT2D eigenvalue weighted by molar-refractivity contribution is -0.220. The minimum atomic E-state index is -5.03. The summed E-state index contributed by atoms with van der Waals surface area (Å²) in [6, 6.07) is 0. The number of aliphatic hydroxyl groups is 5. The molecule has 6 N–H and O–H groups in total. The highest BCUT2D eigenvalue weighted by atomic mass is 31.2. The second-order valence-corrected chi connectivity index (χ2v) is 16.6. The predicted molar refractivity (Wildman–Crippen MR) is 235 cm³/mol. The van der Waals surface area contributed by atoms with E-state index in [1.165, 1.54) is 19.3 Å². The Morgan fingerprint density at radius 2 is 1.00 bits per heavy atom. The summed E-state index contributed by atoms with van der Waals surface area (Å²) < 4.78 is 34.1. The number of phosphoric acid groups is 1. The van der Waals surface area contributed by atoms with E-state index in [2.05, 4.69) is 86.8 Å². The lowest BCUT2D eigenvalue weighted by Gasteiger charge is -2.41. The van der Waals surface area contributed by atoms with Crippen molar-refractivity contribution in [2.45, 2.75) is 191 Å². The number of rotatable bonds is 36. The Bertz CT molecular complexity index is 1250. The van der Waals surface area contributed by atoms with Crippen molar-refractivity contribution in [1.29, 1.82) is 0 Å². The van der Waals surface area contributed by atoms with Crippen LogP contribution in [-0.4, -0.2) is 98.9 Å². The second kappa shape index (κ2) is 36.4. The summed E-state index contributed by atoms with van der Waals surface area (Å²) in [5.74, 6) is -0.501. The van der Waals surface area contributed by atoms with Gasteiger partial charge in [-0.25, -0.2) is 4.57 Å². The highest BCUT2D eigenvalue weighted by Crippen LogP contribution is 2.47. The van der Waals surface area contributed by atoms with E-state index in [-0.39, 0.29) is 13.0 Å². The van der Waals surface area contributed by atoms with E-state index < -0.39 is 63.1 Å². The third-order valence-electron chi connectivity index (χ3n) is 9.81. The van der Waals surface area contributed by atoms with Gasteiger partial charge in [-0.1, -0.05) is 132 Å². The third-order valence-corrected chi connectivity index (χ3v) is 10.8. The van der Waals surface area contributed by atoms with Crippen molar-refractivity contribution in [3.8, 4) is 0 Å². The summed E-state index contributed by atoms with van der Waals surface area (Å²) in [5.41, 5.74) is 0. The van der Waals surface area contributed by atoms with Crippen molar-refractivity contribution >= 4 is 13.8 Å². The average molecular weight is 855 g/mol. The zero-order chi connectivity index (χ0) is 43.4. The van der Waals surface area contributed by atoms with Crippen LogP contribution in [0.1, 0.15) is 149 Å². The molecule has 1 aliphatic rings. The van der Waals surface area contributed by atoms with E-state index >= 15 is 0 Å². The number of ether oxygens (including phenoxy) is 2. The van der Waals surface area contributed by atoms with Crippen LogP contribution in [0, 0.1) is 0 Å². The van der Waals surface area contributed by atoms with Crippen molar-refractivity contribution in [3.63, 3.8) is 0 Å². The van der Waals surface area contributed by atoms with Crippen molar-refractivity contribution in [1.82, 2.24) is 0 Å². The summed E-state index contributed by atoms with van der Waals surface area (Å²) in [6.07, 6.45) is 34.0. The Hall–Kier alpha value is -2.22. The zero-order valence-corrected chi connectivity index (χ0v) is 36.9. The molecule has 0 aliphatic heterocycles. The normalized spacial score (nSPS) is 23.2. The molecule has 0 aromatic carbocycles. The van der Waals surface area contributed by atoms with E-state index in [1.807, 2.05) is 0 Å². The molecule has 0 spiro atoms. The first kappa shape index (κ1) is 54.8. The molecule has 1 fully saturated rings. The maximum atomic E-state index is 12.8. The molecular weight excluding hydrogens is 775 g/mol. The van der Waals surface area contributed by atoms with Crippen molar-refractivity contribution < 1.29 is 58.3 Å². The van der Waals surface area contributed by atoms with Gasteiger partial charge in [0.25, 0.3) is 0 Å². The minimum Gasteiger partial charge on any atom is -0.457 e. The van der Waals surface area contributed by atoms with Crippen LogP contribution < -0.4 is 0 Å². The van der Waals surface area contributed by atoms with Crippen LogP contribution >= 0.6 is 7.82 Å². The number of hydrogen-bond acceptors (Lipinski definition) is 11. The molecule has 0 amide bonds. The standard InChI is InChI=1S/C46H79O12P/c1-3-5-7-9-11-13-15-17-18-19-20-21-22-23-24-26-28-30-32-34-36-55-37-39(57-40(47)35-33-31-29-27-25-16-14-12-10-8-6-4-2)38-56-59(53,54)58-46-44(51)42(49)41(48)43(50)45(46)52/h5,7,11-14,17-18,20-21,23-24,39,41-46,48-52H,3-4,6,8-10,15-16,19,22,25-38H2,1-2H3,(H,53,54)/b7-5-,13-11-,14-12-,18-17-,21-20-,24-23-. The highest BCUT2D eigenvalue weighted by Gasteiger charge is 2.51. The van der Waals surface area contributed by atoms with Crippen LogP contribution in [0.5, 0.6) is 0 Å². The molecule has 0 saturated heterocycles. The van der Waals surface area contributed by atoms with Crippen LogP contribution in [-0.2, 0) is 27.9 Å². The van der Waals surface area contributed by atoms with Crippen molar-refractivity contribution in [2.24, 2.45) is 0 Å². The molecule has 0 radical (unpaired) electrons. The fourth-order valence-electron chi connectivity index (χ4n) is 6.26. The van der Waals surface area contributed by atoms with Crippen LogP contribution in [0.25, 0.3) is 0 Å². The first-order valence-electron chi connectivity index (χ1n) is 22.3. The summed E-state index contributed by atoms with van der Waals surface area (Å²) >= 11 is 0. The maximum Gasteiger partial charge on any atom is 0.472 e. The van der Waals surface area contributed by atoms with E-state index in [4.69, 9.17) is 18.5 Å². The van der Waals surface area contributed by atoms with Crippen LogP contribution in [0.15, 0.2) is 72.9 Å². The van der Waals surface area contributed by atoms with Gasteiger partial charge in [-0.15, -0.1) is 0 Å². The lowest BCUT2D eigenvalue weighted by Crippen LogP contribution is -2.64. The zero-order valence-electron chi connectivity index (χ0n) is 36.0. The average Bonchev–Trinajstić information content (AvgIpc) is 3.22. The molecule has 0 aromatic rings. The lowest BCUT2D eigenvalue weighted by atomic mass is 9.85. The molecule has 0 aromatic heterocycles. The number of carbonyl (C=O) groups excluding carboxylic acids is 1. The topological polar surface area (TPSA) is 192 Å². The van der Waals surface area contributed by atoms with Gasteiger partial charge in [0, 0.05) is 13.0 Å². The summed E-state index contributed by atoms with van der Waals surface area (Å²) in [6.45, 7) is 4.03. The monoisotopic (exact) mass is 855 g/mol. The third kappa shape index (κ3) is 28.9. The van der Waals surface area contributed by atoms with Gasteiger partial charge in [-0.3, -0.25) is 13.8 Å². The van der Waals surface area contributed by atoms with E-state index in [1.54, 1.807) is 0 Å². The fourth-order valence-corrected chi connectivity index (χ4v) is 7.23. The number of unbranched alkanes of at least 4 members (excludes halogenated alkanes) is 12. The number of allylic oxidation sites excluding steroid dienone is 12. The van der Waals surface area contributed by atoms with E-state index in [0.717, 1.165) is 103 Å². The molecule has 1 rings (SSSR count). The fraction of sp³-hybridized carbons (Fsp3) is 0.717. The van der Waals surface area contributed by atoms with Gasteiger partial charge >= 0.3 is 13.8 Å². The van der Waals surface area contributed by atoms with Crippen LogP contribution in [0.3, 0.4) is 0 Å². The van der Waals surface area contributed by atoms with E-state index in [9.17, 15) is 39.8 Å². The summed E-state index contributed by atoms with van der Waals surface area (Å²) in [4.78, 5) is 23.1. The van der Waals surface area contributed by atoms with Gasteiger partial charge < -0.3 is 39.9 Å². The summed E-state index contributed by atoms with van der Waals surface area (Å²) in [5, 5.41) is 50.1. The van der Waals surface area contributed by atoms with Gasteiger partial charge in [0.1, 0.15) is 42.7 Å². The van der Waals surface area contributed by atoms with Gasteiger partial charge in [0.05, 0.1) is 13.2 Å². The largest absolute Gasteiger partial charge is 0.472 e. The number of aliphatic hydroxyl groups excluding tert-OH is 5. The SMILES string of the molecule is CC/C=C\C/C=C\C/C=C\C/C=C\C/C=C\CCCCCCOCC(COP(=O)(O)OC1C(O)C(O)C(O)C(O)C1O)OC(=O)CCCCCCC/C=C\CCCCC. The number of phosphoric ester groups is 1. The van der Waals surface area contributed by atoms with Crippen LogP contribution in [0.2, 0.25) is 0 Å². The van der Waals surface area contributed by atoms with Crippen molar-refractivity contribution in [2.75, 3.05) is 19.8 Å². The number of carbonyl (C=O) groups is 1. The number of hydrogen-bond donors (Lipinski definition) is 6. The molecule has 1 aliphatic carbocycles. The Morgan fingerprint density at radius 3 is 1.54 bits per heavy atom. The summed E-state index contributed by atoms with van der Waals surface area (Å²) in [7, 11) is -5.03. The molecule has 6 unspecified atom stereocenters. The minimum absolute atomic E-state index is 0.101. The van der Waals surface area contributed by atoms with Gasteiger partial charge in [0.15, 0.2) is 0 Å². The number of esters is 1. The molecule has 12 nitrogen and oxygen atoms in total. The quantitative estimate of drug-likeness (QED) is 0.0152. The molecule has 340 valence electrons. The van der Waals surface area contributed by atoms with Gasteiger partial charge in [-0.2, -0.15) is 0 Å². The maximum absolute atomic E-state index is 12.8. The highest BCUT2D eigenvalue weighted by molar-refractivity contribution is 7.47. The molecule has 1 saturated carbocycles. The van der Waals surface area contributed by atoms with Gasteiger partial charge in [-0.05, 0) is 83.5 Å². The molecule has 0 heterocycles. The second-order valence-electron chi connectivity index (χ2n) is 15.2. The van der Waals surface area contributed by atoms with Gasteiger partial charge in [0.2, 0.25) is 0 Å². The van der Waals surface area contributed by atoms with Crippen molar-refractivity contribution in [3.05, 3.63) is 72.9 Å². The first-order chi connectivity index (χ1) is 28.5. The Kier molecular flexibility index (Phi) is 33.8. The molecule has 59 heavy (non-hydrogen) atoms. The molecular formula is C46H79O12P. The molecule has 6 atom stereocenters. The predicted octanol–water partition coefficient (Wildman–Crippen LogP) is 8.80. The Balaban J connectivity index is 2.43. The Morgan fingerprint density at radius 1 is 0.559 bits per heavy atom. The van der Waals surface area contributed by atoms with E-state index in [0.29, 0.717) is 13.0 Å².